The summed E-state index contributed by atoms with van der Waals surface area (Å²) in [6, 6.07) is 15.5. The summed E-state index contributed by atoms with van der Waals surface area (Å²) in [7, 11) is 0. The molecule has 1 amide bonds. The summed E-state index contributed by atoms with van der Waals surface area (Å²) < 4.78 is 0. The van der Waals surface area contributed by atoms with E-state index in [1.54, 1.807) is 0 Å². The molecule has 21 heavy (non-hydrogen) atoms. The highest BCUT2D eigenvalue weighted by atomic mass is 16.2. The fourth-order valence-electron chi connectivity index (χ4n) is 2.63. The summed E-state index contributed by atoms with van der Waals surface area (Å²) in [5.41, 5.74) is 3.93. The number of hydrogen-bond acceptors (Lipinski definition) is 3. The molecule has 1 unspecified atom stereocenters. The standard InChI is InChI=1S/C17H18N2O2/c20-10-9-12-5-7-13(8-6-12)19-17(21)15-11-18-16-4-2-1-3-14(15)16/h1-8,15,18,20H,9-11H2,(H,19,21). The molecule has 0 aliphatic carbocycles. The fourth-order valence-corrected chi connectivity index (χ4v) is 2.63. The van der Waals surface area contributed by atoms with E-state index in [0.29, 0.717) is 13.0 Å². The van der Waals surface area contributed by atoms with Gasteiger partial charge in [-0.25, -0.2) is 0 Å². The van der Waals surface area contributed by atoms with Gasteiger partial charge in [0.05, 0.1) is 5.92 Å². The highest BCUT2D eigenvalue weighted by molar-refractivity contribution is 5.98. The molecule has 0 fully saturated rings. The minimum atomic E-state index is -0.154. The lowest BCUT2D eigenvalue weighted by atomic mass is 10.0. The Hall–Kier alpha value is -2.33. The number of hydrogen-bond donors (Lipinski definition) is 3. The number of nitrogens with one attached hydrogen (secondary N) is 2. The molecule has 4 heteroatoms. The van der Waals surface area contributed by atoms with E-state index in [0.717, 1.165) is 22.5 Å². The summed E-state index contributed by atoms with van der Waals surface area (Å²) in [5, 5.41) is 15.1. The molecule has 108 valence electrons. The first-order chi connectivity index (χ1) is 10.3. The predicted molar refractivity (Wildman–Crippen MR) is 83.5 cm³/mol. The van der Waals surface area contributed by atoms with Gasteiger partial charge in [0.1, 0.15) is 0 Å². The highest BCUT2D eigenvalue weighted by Crippen LogP contribution is 2.31. The first-order valence-corrected chi connectivity index (χ1v) is 7.11. The second kappa shape index (κ2) is 5.97. The minimum Gasteiger partial charge on any atom is -0.396 e. The average Bonchev–Trinajstić information content (AvgIpc) is 2.93. The van der Waals surface area contributed by atoms with E-state index < -0.39 is 0 Å². The predicted octanol–water partition coefficient (Wildman–Crippen LogP) is 2.37. The van der Waals surface area contributed by atoms with Crippen molar-refractivity contribution >= 4 is 17.3 Å². The lowest BCUT2D eigenvalue weighted by Gasteiger charge is -2.11. The lowest BCUT2D eigenvalue weighted by Crippen LogP contribution is -2.22. The number of aliphatic hydroxyl groups is 1. The van der Waals surface area contributed by atoms with Crippen molar-refractivity contribution in [3.63, 3.8) is 0 Å². The number of carbonyl (C=O) groups excluding carboxylic acids is 1. The van der Waals surface area contributed by atoms with Crippen LogP contribution in [0.1, 0.15) is 17.0 Å². The topological polar surface area (TPSA) is 61.4 Å². The van der Waals surface area contributed by atoms with Gasteiger partial charge in [-0.15, -0.1) is 0 Å². The maximum Gasteiger partial charge on any atom is 0.233 e. The van der Waals surface area contributed by atoms with Crippen LogP contribution < -0.4 is 10.6 Å². The first kappa shape index (κ1) is 13.6. The Balaban J connectivity index is 1.70. The number of para-hydroxylation sites is 1. The van der Waals surface area contributed by atoms with Crippen molar-refractivity contribution in [2.75, 3.05) is 23.8 Å². The van der Waals surface area contributed by atoms with Gasteiger partial charge in [-0.3, -0.25) is 4.79 Å². The lowest BCUT2D eigenvalue weighted by molar-refractivity contribution is -0.117. The molecule has 0 spiro atoms. The Kier molecular flexibility index (Phi) is 3.88. The summed E-state index contributed by atoms with van der Waals surface area (Å²) in [4.78, 5) is 12.4. The first-order valence-electron chi connectivity index (χ1n) is 7.11. The maximum absolute atomic E-state index is 12.4. The van der Waals surface area contributed by atoms with Crippen molar-refractivity contribution in [1.82, 2.24) is 0 Å². The van der Waals surface area contributed by atoms with Gasteiger partial charge in [-0.2, -0.15) is 0 Å². The van der Waals surface area contributed by atoms with E-state index >= 15 is 0 Å². The normalized spacial score (nSPS) is 16.1. The largest absolute Gasteiger partial charge is 0.396 e. The summed E-state index contributed by atoms with van der Waals surface area (Å²) in [5.74, 6) is -0.152. The van der Waals surface area contributed by atoms with Gasteiger partial charge in [-0.1, -0.05) is 30.3 Å². The molecule has 2 aromatic carbocycles. The van der Waals surface area contributed by atoms with Crippen LogP contribution in [0.15, 0.2) is 48.5 Å². The fraction of sp³-hybridized carbons (Fsp3) is 0.235. The molecule has 0 aromatic heterocycles. The van der Waals surface area contributed by atoms with Gasteiger partial charge in [0, 0.05) is 24.5 Å². The van der Waals surface area contributed by atoms with Gasteiger partial charge in [0.2, 0.25) is 5.91 Å². The Bertz CT molecular complexity index is 637. The van der Waals surface area contributed by atoms with Gasteiger partial charge in [0.15, 0.2) is 0 Å². The molecule has 1 heterocycles. The Morgan fingerprint density at radius 3 is 2.71 bits per heavy atom. The van der Waals surface area contributed by atoms with Gasteiger partial charge >= 0.3 is 0 Å². The molecule has 4 nitrogen and oxygen atoms in total. The van der Waals surface area contributed by atoms with E-state index in [1.165, 1.54) is 0 Å². The van der Waals surface area contributed by atoms with E-state index in [-0.39, 0.29) is 18.4 Å². The third-order valence-corrected chi connectivity index (χ3v) is 3.77. The van der Waals surface area contributed by atoms with Crippen molar-refractivity contribution in [2.24, 2.45) is 0 Å². The van der Waals surface area contributed by atoms with E-state index in [2.05, 4.69) is 10.6 Å². The van der Waals surface area contributed by atoms with Gasteiger partial charge in [-0.05, 0) is 35.7 Å². The average molecular weight is 282 g/mol. The molecular weight excluding hydrogens is 264 g/mol. The summed E-state index contributed by atoms with van der Waals surface area (Å²) in [6.07, 6.45) is 0.633. The quantitative estimate of drug-likeness (QED) is 0.807. The highest BCUT2D eigenvalue weighted by Gasteiger charge is 2.27. The summed E-state index contributed by atoms with van der Waals surface area (Å²) >= 11 is 0. The monoisotopic (exact) mass is 282 g/mol. The second-order valence-electron chi connectivity index (χ2n) is 5.18. The second-order valence-corrected chi connectivity index (χ2v) is 5.18. The van der Waals surface area contributed by atoms with Crippen molar-refractivity contribution in [3.05, 3.63) is 59.7 Å². The molecule has 1 aliphatic rings. The van der Waals surface area contributed by atoms with Crippen LogP contribution in [0, 0.1) is 0 Å². The zero-order valence-corrected chi connectivity index (χ0v) is 11.7. The van der Waals surface area contributed by atoms with Crippen molar-refractivity contribution in [3.8, 4) is 0 Å². The molecule has 1 atom stereocenters. The molecule has 3 N–H and O–H groups in total. The van der Waals surface area contributed by atoms with Crippen LogP contribution in [0.25, 0.3) is 0 Å². The van der Waals surface area contributed by atoms with Crippen LogP contribution in [0.4, 0.5) is 11.4 Å². The molecule has 1 aliphatic heterocycles. The van der Waals surface area contributed by atoms with Crippen LogP contribution in [0.5, 0.6) is 0 Å². The number of rotatable bonds is 4. The SMILES string of the molecule is O=C(Nc1ccc(CCO)cc1)C1CNc2ccccc21. The van der Waals surface area contributed by atoms with Gasteiger partial charge < -0.3 is 15.7 Å². The minimum absolute atomic E-state index is 0.00218. The molecule has 0 saturated heterocycles. The van der Waals surface area contributed by atoms with Gasteiger partial charge in [0.25, 0.3) is 0 Å². The number of benzene rings is 2. The molecule has 0 saturated carbocycles. The van der Waals surface area contributed by atoms with Crippen LogP contribution in [0.2, 0.25) is 0 Å². The number of aliphatic hydroxyl groups excluding tert-OH is 1. The van der Waals surface area contributed by atoms with E-state index in [1.807, 2.05) is 48.5 Å². The zero-order valence-electron chi connectivity index (χ0n) is 11.7. The van der Waals surface area contributed by atoms with E-state index in [4.69, 9.17) is 5.11 Å². The molecule has 3 rings (SSSR count). The zero-order chi connectivity index (χ0) is 14.7. The van der Waals surface area contributed by atoms with Crippen LogP contribution in [-0.4, -0.2) is 24.2 Å². The number of fused-ring (bicyclic) bond motifs is 1. The smallest absolute Gasteiger partial charge is 0.233 e. The summed E-state index contributed by atoms with van der Waals surface area (Å²) in [6.45, 7) is 0.768. The number of anilines is 2. The third kappa shape index (κ3) is 2.90. The van der Waals surface area contributed by atoms with Crippen LogP contribution in [-0.2, 0) is 11.2 Å². The molecule has 0 bridgehead atoms. The molecular formula is C17H18N2O2. The van der Waals surface area contributed by atoms with E-state index in [9.17, 15) is 4.79 Å². The number of amides is 1. The number of carbonyl (C=O) groups is 1. The Labute approximate surface area is 123 Å². The molecule has 2 aromatic rings. The molecule has 0 radical (unpaired) electrons. The van der Waals surface area contributed by atoms with Crippen LogP contribution >= 0.6 is 0 Å². The van der Waals surface area contributed by atoms with Crippen molar-refractivity contribution < 1.29 is 9.90 Å². The Morgan fingerprint density at radius 2 is 1.95 bits per heavy atom. The Morgan fingerprint density at radius 1 is 1.19 bits per heavy atom. The van der Waals surface area contributed by atoms with Crippen molar-refractivity contribution in [1.29, 1.82) is 0 Å². The van der Waals surface area contributed by atoms with Crippen molar-refractivity contribution in [2.45, 2.75) is 12.3 Å². The maximum atomic E-state index is 12.4. The van der Waals surface area contributed by atoms with Crippen LogP contribution in [0.3, 0.4) is 0 Å². The third-order valence-electron chi connectivity index (χ3n) is 3.77.